The highest BCUT2D eigenvalue weighted by molar-refractivity contribution is 5.66. The van der Waals surface area contributed by atoms with Crippen LogP contribution in [0.5, 0.6) is 0 Å². The maximum Gasteiger partial charge on any atom is 0.420 e. The van der Waals surface area contributed by atoms with Gasteiger partial charge in [0.25, 0.3) is 5.79 Å². The molecule has 0 aromatic heterocycles. The van der Waals surface area contributed by atoms with Crippen LogP contribution in [0.25, 0.3) is 0 Å². The van der Waals surface area contributed by atoms with E-state index in [0.717, 1.165) is 0 Å². The van der Waals surface area contributed by atoms with Crippen molar-refractivity contribution in [1.29, 1.82) is 0 Å². The molecule has 0 aliphatic rings. The Hall–Kier alpha value is -1.06. The first-order chi connectivity index (χ1) is 4.48. The molecular weight excluding hydrogens is 136 g/mol. The Morgan fingerprint density at radius 1 is 1.50 bits per heavy atom. The number of hydrogen-bond donors (Lipinski definition) is 0. The van der Waals surface area contributed by atoms with Gasteiger partial charge in [0.15, 0.2) is 0 Å². The fraction of sp³-hybridized carbons (Fsp3) is 0.667. The molecule has 1 radical (unpaired) electrons. The summed E-state index contributed by atoms with van der Waals surface area (Å²) in [6.07, 6.45) is 0. The average molecular weight is 145 g/mol. The Morgan fingerprint density at radius 2 is 2.00 bits per heavy atom. The molecule has 0 rings (SSSR count). The second-order valence-corrected chi connectivity index (χ2v) is 2.18. The minimum Gasteiger partial charge on any atom is -0.423 e. The van der Waals surface area contributed by atoms with E-state index in [1.54, 1.807) is 0 Å². The Morgan fingerprint density at radius 3 is 2.30 bits per heavy atom. The molecule has 0 aromatic rings. The minimum absolute atomic E-state index is 0.500. The number of ether oxygens (including phenoxy) is 2. The lowest BCUT2D eigenvalue weighted by molar-refractivity contribution is -0.187. The molecule has 0 aromatic carbocycles. The summed E-state index contributed by atoms with van der Waals surface area (Å²) in [5.74, 6) is -1.70. The van der Waals surface area contributed by atoms with E-state index in [1.807, 2.05) is 0 Å². The Labute approximate surface area is 59.1 Å². The summed E-state index contributed by atoms with van der Waals surface area (Å²) in [6, 6.07) is 0. The largest absolute Gasteiger partial charge is 0.423 e. The van der Waals surface area contributed by atoms with Crippen LogP contribution in [0.15, 0.2) is 0 Å². The van der Waals surface area contributed by atoms with Crippen LogP contribution < -0.4 is 0 Å². The standard InChI is InChI=1S/C6H9O4/c1-5(8)10-6(2,3)9-4-7/h1-3H3. The second-order valence-electron chi connectivity index (χ2n) is 2.18. The number of carbonyl (C=O) groups excluding carboxylic acids is 2. The molecule has 0 aliphatic carbocycles. The van der Waals surface area contributed by atoms with E-state index in [1.165, 1.54) is 27.2 Å². The lowest BCUT2D eigenvalue weighted by atomic mass is 10.4. The van der Waals surface area contributed by atoms with Crippen LogP contribution in [0.1, 0.15) is 20.8 Å². The summed E-state index contributed by atoms with van der Waals surface area (Å²) in [5.41, 5.74) is 0. The molecule has 0 aliphatic heterocycles. The zero-order chi connectivity index (χ0) is 8.20. The molecule has 0 saturated heterocycles. The lowest BCUT2D eigenvalue weighted by Gasteiger charge is -2.20. The van der Waals surface area contributed by atoms with Crippen LogP contribution in [0.3, 0.4) is 0 Å². The number of rotatable bonds is 3. The third kappa shape index (κ3) is 3.88. The topological polar surface area (TPSA) is 52.6 Å². The van der Waals surface area contributed by atoms with Gasteiger partial charge in [-0.25, -0.2) is 4.79 Å². The monoisotopic (exact) mass is 145 g/mol. The Bertz CT molecular complexity index is 139. The van der Waals surface area contributed by atoms with E-state index in [0.29, 0.717) is 0 Å². The van der Waals surface area contributed by atoms with E-state index >= 15 is 0 Å². The third-order valence-electron chi connectivity index (χ3n) is 0.677. The summed E-state index contributed by atoms with van der Waals surface area (Å²) in [6.45, 7) is 5.31. The minimum atomic E-state index is -1.20. The predicted octanol–water partition coefficient (Wildman–Crippen LogP) is 0.369. The molecule has 0 amide bonds. The van der Waals surface area contributed by atoms with Gasteiger partial charge >= 0.3 is 12.4 Å². The van der Waals surface area contributed by atoms with Crippen LogP contribution in [-0.2, 0) is 19.1 Å². The van der Waals surface area contributed by atoms with Gasteiger partial charge in [0.1, 0.15) is 0 Å². The van der Waals surface area contributed by atoms with Crippen LogP contribution in [0.2, 0.25) is 0 Å². The molecule has 10 heavy (non-hydrogen) atoms. The molecule has 0 unspecified atom stereocenters. The lowest BCUT2D eigenvalue weighted by Crippen LogP contribution is -2.29. The van der Waals surface area contributed by atoms with Gasteiger partial charge in [-0.15, -0.1) is 0 Å². The maximum atomic E-state index is 10.3. The van der Waals surface area contributed by atoms with Gasteiger partial charge < -0.3 is 9.47 Å². The van der Waals surface area contributed by atoms with Crippen molar-refractivity contribution in [2.24, 2.45) is 0 Å². The summed E-state index contributed by atoms with van der Waals surface area (Å²) in [4.78, 5) is 20.0. The van der Waals surface area contributed by atoms with Gasteiger partial charge in [-0.3, -0.25) is 4.79 Å². The molecule has 0 spiro atoms. The van der Waals surface area contributed by atoms with Crippen molar-refractivity contribution in [2.45, 2.75) is 26.6 Å². The smallest absolute Gasteiger partial charge is 0.420 e. The molecule has 0 bridgehead atoms. The number of hydrogen-bond acceptors (Lipinski definition) is 4. The molecule has 0 fully saturated rings. The predicted molar refractivity (Wildman–Crippen MR) is 32.6 cm³/mol. The van der Waals surface area contributed by atoms with E-state index in [-0.39, 0.29) is 0 Å². The van der Waals surface area contributed by atoms with Crippen molar-refractivity contribution < 1.29 is 19.1 Å². The van der Waals surface area contributed by atoms with Crippen LogP contribution in [-0.4, -0.2) is 18.2 Å². The molecule has 0 saturated carbocycles. The van der Waals surface area contributed by atoms with Gasteiger partial charge in [0, 0.05) is 20.8 Å². The average Bonchev–Trinajstić information content (AvgIpc) is 1.59. The van der Waals surface area contributed by atoms with Crippen molar-refractivity contribution in [3.05, 3.63) is 0 Å². The van der Waals surface area contributed by atoms with E-state index < -0.39 is 11.8 Å². The van der Waals surface area contributed by atoms with Crippen LogP contribution in [0, 0.1) is 0 Å². The fourth-order valence-corrected chi connectivity index (χ4v) is 0.467. The molecule has 4 nitrogen and oxygen atoms in total. The Balaban J connectivity index is 3.85. The Kier molecular flexibility index (Phi) is 2.86. The first-order valence-corrected chi connectivity index (χ1v) is 2.72. The first-order valence-electron chi connectivity index (χ1n) is 2.72. The highest BCUT2D eigenvalue weighted by atomic mass is 16.7. The number of carbonyl (C=O) groups is 1. The summed E-state index contributed by atoms with van der Waals surface area (Å²) in [5, 5.41) is 0. The highest BCUT2D eigenvalue weighted by Crippen LogP contribution is 2.08. The van der Waals surface area contributed by atoms with Gasteiger partial charge in [-0.2, -0.15) is 0 Å². The zero-order valence-electron chi connectivity index (χ0n) is 6.13. The SMILES string of the molecule is CC(=O)OC(C)(C)O[C]=O. The number of esters is 1. The van der Waals surface area contributed by atoms with Crippen molar-refractivity contribution in [1.82, 2.24) is 0 Å². The third-order valence-corrected chi connectivity index (χ3v) is 0.677. The summed E-state index contributed by atoms with van der Waals surface area (Å²) >= 11 is 0. The molecular formula is C6H9O4. The van der Waals surface area contributed by atoms with Crippen LogP contribution >= 0.6 is 0 Å². The van der Waals surface area contributed by atoms with E-state index in [4.69, 9.17) is 0 Å². The van der Waals surface area contributed by atoms with Gasteiger partial charge in [-0.1, -0.05) is 0 Å². The van der Waals surface area contributed by atoms with Gasteiger partial charge in [0.2, 0.25) is 0 Å². The van der Waals surface area contributed by atoms with Crippen molar-refractivity contribution in [3.63, 3.8) is 0 Å². The quantitative estimate of drug-likeness (QED) is 0.425. The molecule has 0 atom stereocenters. The highest BCUT2D eigenvalue weighted by Gasteiger charge is 2.21. The molecule has 57 valence electrons. The zero-order valence-corrected chi connectivity index (χ0v) is 6.13. The first kappa shape index (κ1) is 8.94. The summed E-state index contributed by atoms with van der Waals surface area (Å²) in [7, 11) is 0. The maximum absolute atomic E-state index is 10.3. The van der Waals surface area contributed by atoms with Crippen molar-refractivity contribution >= 4 is 12.4 Å². The van der Waals surface area contributed by atoms with Crippen molar-refractivity contribution in [3.8, 4) is 0 Å². The molecule has 0 heterocycles. The fourth-order valence-electron chi connectivity index (χ4n) is 0.467. The van der Waals surface area contributed by atoms with Gasteiger partial charge in [-0.05, 0) is 0 Å². The van der Waals surface area contributed by atoms with Gasteiger partial charge in [0.05, 0.1) is 0 Å². The van der Waals surface area contributed by atoms with E-state index in [2.05, 4.69) is 9.47 Å². The van der Waals surface area contributed by atoms with Crippen molar-refractivity contribution in [2.75, 3.05) is 0 Å². The molecule has 4 heteroatoms. The van der Waals surface area contributed by atoms with E-state index in [9.17, 15) is 9.59 Å². The normalized spacial score (nSPS) is 10.3. The summed E-state index contributed by atoms with van der Waals surface area (Å²) < 4.78 is 8.85. The second kappa shape index (κ2) is 3.20. The van der Waals surface area contributed by atoms with Crippen LogP contribution in [0.4, 0.5) is 0 Å². The molecule has 0 N–H and O–H groups in total.